The summed E-state index contributed by atoms with van der Waals surface area (Å²) in [6.45, 7) is 2.84. The van der Waals surface area contributed by atoms with Gasteiger partial charge in [-0.15, -0.1) is 11.3 Å². The van der Waals surface area contributed by atoms with Crippen LogP contribution in [0.2, 0.25) is 0 Å². The highest BCUT2D eigenvalue weighted by Crippen LogP contribution is 2.15. The lowest BCUT2D eigenvalue weighted by Crippen LogP contribution is -2.11. The summed E-state index contributed by atoms with van der Waals surface area (Å²) in [6.07, 6.45) is 4.68. The maximum atomic E-state index is 5.49. The van der Waals surface area contributed by atoms with Gasteiger partial charge >= 0.3 is 0 Å². The molecule has 4 nitrogen and oxygen atoms in total. The van der Waals surface area contributed by atoms with Crippen LogP contribution in [-0.2, 0) is 13.0 Å². The minimum atomic E-state index is 0.314. The number of hydrogen-bond acceptors (Lipinski definition) is 5. The normalized spacial score (nSPS) is 10.3. The highest BCUT2D eigenvalue weighted by Gasteiger charge is 2.01. The van der Waals surface area contributed by atoms with Gasteiger partial charge in [-0.3, -0.25) is 4.98 Å². The fraction of sp³-hybridized carbons (Fsp3) is 0.250. The Kier molecular flexibility index (Phi) is 4.22. The van der Waals surface area contributed by atoms with Crippen molar-refractivity contribution >= 4 is 34.2 Å². The highest BCUT2D eigenvalue weighted by atomic mass is 32.1. The molecular weight excluding hydrogens is 264 g/mol. The van der Waals surface area contributed by atoms with Crippen LogP contribution in [0.4, 0.5) is 5.69 Å². The number of rotatable bonds is 5. The van der Waals surface area contributed by atoms with Crippen LogP contribution in [-0.4, -0.2) is 15.0 Å². The van der Waals surface area contributed by atoms with Crippen LogP contribution in [0.1, 0.15) is 22.5 Å². The zero-order chi connectivity index (χ0) is 13.0. The molecule has 18 heavy (non-hydrogen) atoms. The first-order valence-electron chi connectivity index (χ1n) is 5.62. The second kappa shape index (κ2) is 5.88. The monoisotopic (exact) mass is 278 g/mol. The van der Waals surface area contributed by atoms with E-state index in [2.05, 4.69) is 22.2 Å². The van der Waals surface area contributed by atoms with Crippen LogP contribution in [0.25, 0.3) is 0 Å². The standard InChI is InChI=1S/C12H14N4S2/c1-2-9-6-16-11(18-9)7-14-8-3-4-10(12(13)17)15-5-8/h3-6,14H,2,7H2,1H3,(H2,13,17). The van der Waals surface area contributed by atoms with Crippen molar-refractivity contribution in [1.82, 2.24) is 9.97 Å². The molecule has 94 valence electrons. The molecule has 0 saturated heterocycles. The minimum Gasteiger partial charge on any atom is -0.388 e. The Morgan fingerprint density at radius 2 is 2.22 bits per heavy atom. The summed E-state index contributed by atoms with van der Waals surface area (Å²) >= 11 is 6.57. The van der Waals surface area contributed by atoms with Crippen molar-refractivity contribution < 1.29 is 0 Å². The first-order chi connectivity index (χ1) is 8.69. The highest BCUT2D eigenvalue weighted by molar-refractivity contribution is 7.80. The fourth-order valence-corrected chi connectivity index (χ4v) is 2.34. The number of aromatic nitrogens is 2. The van der Waals surface area contributed by atoms with E-state index in [1.165, 1.54) is 4.88 Å². The smallest absolute Gasteiger partial charge is 0.122 e. The molecule has 0 amide bonds. The maximum absolute atomic E-state index is 5.49. The van der Waals surface area contributed by atoms with Crippen LogP contribution in [0.3, 0.4) is 0 Å². The molecule has 2 heterocycles. The van der Waals surface area contributed by atoms with Crippen LogP contribution in [0.5, 0.6) is 0 Å². The molecule has 0 aliphatic carbocycles. The lowest BCUT2D eigenvalue weighted by Gasteiger charge is -2.04. The molecule has 0 radical (unpaired) electrons. The van der Waals surface area contributed by atoms with Gasteiger partial charge < -0.3 is 11.1 Å². The van der Waals surface area contributed by atoms with E-state index in [4.69, 9.17) is 18.0 Å². The number of thiazole rings is 1. The van der Waals surface area contributed by atoms with Crippen molar-refractivity contribution in [3.05, 3.63) is 40.1 Å². The van der Waals surface area contributed by atoms with Crippen LogP contribution in [0, 0.1) is 0 Å². The average molecular weight is 278 g/mol. The molecule has 0 aliphatic rings. The quantitative estimate of drug-likeness (QED) is 0.822. The summed E-state index contributed by atoms with van der Waals surface area (Å²) in [5.41, 5.74) is 7.06. The van der Waals surface area contributed by atoms with Crippen LogP contribution < -0.4 is 11.1 Å². The number of hydrogen-bond donors (Lipinski definition) is 2. The van der Waals surface area contributed by atoms with E-state index < -0.39 is 0 Å². The second-order valence-electron chi connectivity index (χ2n) is 3.72. The molecule has 0 saturated carbocycles. The van der Waals surface area contributed by atoms with Crippen LogP contribution >= 0.6 is 23.6 Å². The Labute approximate surface area is 115 Å². The summed E-state index contributed by atoms with van der Waals surface area (Å²) in [5.74, 6) is 0. The predicted octanol–water partition coefficient (Wildman–Crippen LogP) is 2.35. The molecule has 3 N–H and O–H groups in total. The van der Waals surface area contributed by atoms with E-state index in [9.17, 15) is 0 Å². The van der Waals surface area contributed by atoms with Crippen molar-refractivity contribution in [2.75, 3.05) is 5.32 Å². The fourth-order valence-electron chi connectivity index (χ4n) is 1.42. The van der Waals surface area contributed by atoms with E-state index in [1.54, 1.807) is 17.5 Å². The van der Waals surface area contributed by atoms with Crippen molar-refractivity contribution in [3.63, 3.8) is 0 Å². The molecule has 0 bridgehead atoms. The van der Waals surface area contributed by atoms with Gasteiger partial charge in [-0.05, 0) is 18.6 Å². The van der Waals surface area contributed by atoms with Gasteiger partial charge in [-0.25, -0.2) is 4.98 Å². The van der Waals surface area contributed by atoms with Gasteiger partial charge in [0.05, 0.1) is 24.1 Å². The minimum absolute atomic E-state index is 0.314. The Morgan fingerprint density at radius 3 is 2.78 bits per heavy atom. The van der Waals surface area contributed by atoms with Gasteiger partial charge in [-0.1, -0.05) is 19.1 Å². The lowest BCUT2D eigenvalue weighted by molar-refractivity contribution is 1.09. The number of pyridine rings is 1. The molecular formula is C12H14N4S2. The number of nitrogens with two attached hydrogens (primary N) is 1. The van der Waals surface area contributed by atoms with Gasteiger partial charge in [0.15, 0.2) is 0 Å². The Bertz CT molecular complexity index is 533. The predicted molar refractivity (Wildman–Crippen MR) is 78.9 cm³/mol. The Balaban J connectivity index is 1.95. The molecule has 0 spiro atoms. The second-order valence-corrected chi connectivity index (χ2v) is 5.36. The third kappa shape index (κ3) is 3.24. The first kappa shape index (κ1) is 12.9. The lowest BCUT2D eigenvalue weighted by atomic mass is 10.3. The largest absolute Gasteiger partial charge is 0.388 e. The number of anilines is 1. The summed E-state index contributed by atoms with van der Waals surface area (Å²) in [6, 6.07) is 3.72. The number of aryl methyl sites for hydroxylation is 1. The molecule has 2 aromatic rings. The summed E-state index contributed by atoms with van der Waals surface area (Å²) in [5, 5.41) is 4.34. The zero-order valence-electron chi connectivity index (χ0n) is 10.0. The van der Waals surface area contributed by atoms with Gasteiger partial charge in [0.25, 0.3) is 0 Å². The van der Waals surface area contributed by atoms with Crippen molar-refractivity contribution in [2.45, 2.75) is 19.9 Å². The topological polar surface area (TPSA) is 63.8 Å². The third-order valence-corrected chi connectivity index (χ3v) is 3.76. The van der Waals surface area contributed by atoms with Gasteiger partial charge in [0.1, 0.15) is 10.00 Å². The van der Waals surface area contributed by atoms with Crippen molar-refractivity contribution in [2.24, 2.45) is 5.73 Å². The van der Waals surface area contributed by atoms with Crippen molar-refractivity contribution in [3.8, 4) is 0 Å². The molecule has 0 aliphatic heterocycles. The van der Waals surface area contributed by atoms with E-state index in [1.807, 2.05) is 18.3 Å². The van der Waals surface area contributed by atoms with E-state index >= 15 is 0 Å². The molecule has 0 aromatic carbocycles. The third-order valence-electron chi connectivity index (χ3n) is 2.41. The Hall–Kier alpha value is -1.53. The summed E-state index contributed by atoms with van der Waals surface area (Å²) < 4.78 is 0. The summed E-state index contributed by atoms with van der Waals surface area (Å²) in [7, 11) is 0. The van der Waals surface area contributed by atoms with Gasteiger partial charge in [0, 0.05) is 11.1 Å². The molecule has 0 unspecified atom stereocenters. The summed E-state index contributed by atoms with van der Waals surface area (Å²) in [4.78, 5) is 10.1. The Morgan fingerprint density at radius 1 is 1.39 bits per heavy atom. The van der Waals surface area contributed by atoms with E-state index in [0.717, 1.165) is 17.1 Å². The molecule has 2 aromatic heterocycles. The molecule has 0 fully saturated rings. The first-order valence-corrected chi connectivity index (χ1v) is 6.85. The maximum Gasteiger partial charge on any atom is 0.122 e. The van der Waals surface area contributed by atoms with E-state index in [-0.39, 0.29) is 0 Å². The molecule has 2 rings (SSSR count). The van der Waals surface area contributed by atoms with Crippen molar-refractivity contribution in [1.29, 1.82) is 0 Å². The van der Waals surface area contributed by atoms with Gasteiger partial charge in [0.2, 0.25) is 0 Å². The van der Waals surface area contributed by atoms with Crippen LogP contribution in [0.15, 0.2) is 24.5 Å². The average Bonchev–Trinajstić information content (AvgIpc) is 2.85. The molecule has 0 atom stereocenters. The number of nitrogens with one attached hydrogen (secondary N) is 1. The number of nitrogens with zero attached hydrogens (tertiary/aromatic N) is 2. The SMILES string of the molecule is CCc1cnc(CNc2ccc(C(N)=S)nc2)s1. The molecule has 6 heteroatoms. The number of thiocarbonyl (C=S) groups is 1. The van der Waals surface area contributed by atoms with E-state index in [0.29, 0.717) is 17.2 Å². The van der Waals surface area contributed by atoms with Gasteiger partial charge in [-0.2, -0.15) is 0 Å². The zero-order valence-corrected chi connectivity index (χ0v) is 11.6.